The zero-order chi connectivity index (χ0) is 15.2. The van der Waals surface area contributed by atoms with Crippen molar-refractivity contribution in [2.75, 3.05) is 20.3 Å². The molecule has 1 rings (SSSR count). The number of aromatic nitrogens is 2. The highest BCUT2D eigenvalue weighted by Gasteiger charge is 2.34. The third-order valence-corrected chi connectivity index (χ3v) is 2.67. The molecule has 1 aromatic rings. The number of aryl methyl sites for hydroxylation is 2. The van der Waals surface area contributed by atoms with Crippen molar-refractivity contribution in [3.8, 4) is 0 Å². The van der Waals surface area contributed by atoms with Gasteiger partial charge in [0, 0.05) is 38.9 Å². The lowest BCUT2D eigenvalue weighted by molar-refractivity contribution is -0.141. The molecule has 0 atom stereocenters. The first-order chi connectivity index (χ1) is 9.34. The van der Waals surface area contributed by atoms with Crippen molar-refractivity contribution < 1.29 is 22.7 Å². The summed E-state index contributed by atoms with van der Waals surface area (Å²) in [6, 6.07) is 0.969. The molecule has 1 amide bonds. The number of alkyl halides is 3. The predicted octanol–water partition coefficient (Wildman–Crippen LogP) is 1.75. The van der Waals surface area contributed by atoms with Crippen molar-refractivity contribution in [3.63, 3.8) is 0 Å². The van der Waals surface area contributed by atoms with Gasteiger partial charge in [-0.1, -0.05) is 0 Å². The average molecular weight is 293 g/mol. The van der Waals surface area contributed by atoms with Crippen LogP contribution in [-0.4, -0.2) is 35.9 Å². The second-order valence-corrected chi connectivity index (χ2v) is 4.34. The molecule has 1 heterocycles. The summed E-state index contributed by atoms with van der Waals surface area (Å²) in [5.74, 6) is -0.218. The van der Waals surface area contributed by atoms with E-state index in [0.29, 0.717) is 25.3 Å². The number of methoxy groups -OCH3 is 1. The van der Waals surface area contributed by atoms with Gasteiger partial charge in [-0.2, -0.15) is 18.3 Å². The third-order valence-electron chi connectivity index (χ3n) is 2.67. The highest BCUT2D eigenvalue weighted by Crippen LogP contribution is 2.28. The number of nitrogens with zero attached hydrogens (tertiary/aromatic N) is 2. The molecule has 5 nitrogen and oxygen atoms in total. The van der Waals surface area contributed by atoms with E-state index in [1.165, 1.54) is 11.6 Å². The monoisotopic (exact) mass is 293 g/mol. The number of carbonyl (C=O) groups is 1. The van der Waals surface area contributed by atoms with Crippen molar-refractivity contribution in [3.05, 3.63) is 17.5 Å². The molecule has 1 N–H and O–H groups in total. The van der Waals surface area contributed by atoms with Crippen LogP contribution >= 0.6 is 0 Å². The fourth-order valence-corrected chi connectivity index (χ4v) is 1.62. The second-order valence-electron chi connectivity index (χ2n) is 4.34. The van der Waals surface area contributed by atoms with Gasteiger partial charge in [0.15, 0.2) is 5.69 Å². The maximum absolute atomic E-state index is 12.5. The van der Waals surface area contributed by atoms with Crippen LogP contribution in [0.5, 0.6) is 0 Å². The number of ether oxygens (including phenoxy) is 1. The molecule has 0 aliphatic carbocycles. The first-order valence-electron chi connectivity index (χ1n) is 6.22. The molecule has 0 saturated carbocycles. The second kappa shape index (κ2) is 7.28. The van der Waals surface area contributed by atoms with Crippen molar-refractivity contribution in [2.45, 2.75) is 32.5 Å². The number of hydrogen-bond acceptors (Lipinski definition) is 3. The fourth-order valence-electron chi connectivity index (χ4n) is 1.62. The van der Waals surface area contributed by atoms with Gasteiger partial charge in [-0.3, -0.25) is 9.48 Å². The molecule has 0 aromatic carbocycles. The minimum Gasteiger partial charge on any atom is -0.385 e. The number of hydrogen-bond donors (Lipinski definition) is 1. The summed E-state index contributed by atoms with van der Waals surface area (Å²) in [5.41, 5.74) is -0.556. The normalized spacial score (nSPS) is 11.7. The molecule has 8 heteroatoms. The summed E-state index contributed by atoms with van der Waals surface area (Å²) in [5, 5.41) is 6.12. The number of amides is 1. The largest absolute Gasteiger partial charge is 0.435 e. The lowest BCUT2D eigenvalue weighted by Gasteiger charge is -2.06. The van der Waals surface area contributed by atoms with Crippen LogP contribution in [0, 0.1) is 6.92 Å². The van der Waals surface area contributed by atoms with E-state index < -0.39 is 11.9 Å². The summed E-state index contributed by atoms with van der Waals surface area (Å²) in [6.07, 6.45) is -3.67. The molecule has 0 spiro atoms. The molecule has 0 saturated heterocycles. The standard InChI is InChI=1S/C12H18F3N3O2/c1-9-8-10(12(13,14)15)17-18(9)6-4-11(19)16-5-3-7-20-2/h8H,3-7H2,1-2H3,(H,16,19). The molecule has 114 valence electrons. The quantitative estimate of drug-likeness (QED) is 0.779. The Bertz CT molecular complexity index is 444. The van der Waals surface area contributed by atoms with Gasteiger partial charge in [0.1, 0.15) is 0 Å². The van der Waals surface area contributed by atoms with Crippen LogP contribution in [0.25, 0.3) is 0 Å². The Morgan fingerprint density at radius 3 is 2.75 bits per heavy atom. The summed E-state index contributed by atoms with van der Waals surface area (Å²) >= 11 is 0. The topological polar surface area (TPSA) is 56.1 Å². The fraction of sp³-hybridized carbons (Fsp3) is 0.667. The highest BCUT2D eigenvalue weighted by atomic mass is 19.4. The highest BCUT2D eigenvalue weighted by molar-refractivity contribution is 5.75. The van der Waals surface area contributed by atoms with Crippen LogP contribution in [0.3, 0.4) is 0 Å². The Morgan fingerprint density at radius 1 is 1.50 bits per heavy atom. The van der Waals surface area contributed by atoms with E-state index in [2.05, 4.69) is 10.4 Å². The summed E-state index contributed by atoms with van der Waals surface area (Å²) < 4.78 is 43.4. The number of nitrogens with one attached hydrogen (secondary N) is 1. The Labute approximate surface area is 115 Å². The summed E-state index contributed by atoms with van der Waals surface area (Å²) in [4.78, 5) is 11.5. The van der Waals surface area contributed by atoms with E-state index >= 15 is 0 Å². The van der Waals surface area contributed by atoms with Gasteiger partial charge in [-0.15, -0.1) is 0 Å². The third kappa shape index (κ3) is 5.20. The lowest BCUT2D eigenvalue weighted by atomic mass is 10.3. The van der Waals surface area contributed by atoms with E-state index in [-0.39, 0.29) is 18.9 Å². The maximum atomic E-state index is 12.5. The van der Waals surface area contributed by atoms with Gasteiger partial charge >= 0.3 is 6.18 Å². The van der Waals surface area contributed by atoms with Crippen molar-refractivity contribution in [1.29, 1.82) is 0 Å². The van der Waals surface area contributed by atoms with E-state index in [9.17, 15) is 18.0 Å². The number of halogens is 3. The lowest BCUT2D eigenvalue weighted by Crippen LogP contribution is -2.26. The first kappa shape index (κ1) is 16.5. The average Bonchev–Trinajstić information content (AvgIpc) is 2.74. The van der Waals surface area contributed by atoms with Crippen LogP contribution < -0.4 is 5.32 Å². The molecular weight excluding hydrogens is 275 g/mol. The van der Waals surface area contributed by atoms with Crippen molar-refractivity contribution in [2.24, 2.45) is 0 Å². The molecule has 0 unspecified atom stereocenters. The smallest absolute Gasteiger partial charge is 0.385 e. The first-order valence-corrected chi connectivity index (χ1v) is 6.22. The molecule has 0 radical (unpaired) electrons. The van der Waals surface area contributed by atoms with Crippen LogP contribution in [0.2, 0.25) is 0 Å². The van der Waals surface area contributed by atoms with Gasteiger partial charge in [0.05, 0.1) is 0 Å². The van der Waals surface area contributed by atoms with E-state index in [1.807, 2.05) is 0 Å². The van der Waals surface area contributed by atoms with Gasteiger partial charge in [-0.25, -0.2) is 0 Å². The maximum Gasteiger partial charge on any atom is 0.435 e. The van der Waals surface area contributed by atoms with Crippen molar-refractivity contribution >= 4 is 5.91 Å². The summed E-state index contributed by atoms with van der Waals surface area (Å²) in [6.45, 7) is 2.68. The number of carbonyl (C=O) groups excluding carboxylic acids is 1. The van der Waals surface area contributed by atoms with E-state index in [4.69, 9.17) is 4.74 Å². The Morgan fingerprint density at radius 2 is 2.20 bits per heavy atom. The Balaban J connectivity index is 2.42. The minimum absolute atomic E-state index is 0.0901. The van der Waals surface area contributed by atoms with Crippen LogP contribution in [0.4, 0.5) is 13.2 Å². The van der Waals surface area contributed by atoms with Crippen LogP contribution in [0.1, 0.15) is 24.2 Å². The zero-order valence-corrected chi connectivity index (χ0v) is 11.5. The van der Waals surface area contributed by atoms with Crippen LogP contribution in [0.15, 0.2) is 6.07 Å². The SMILES string of the molecule is COCCCNC(=O)CCn1nc(C(F)(F)F)cc1C. The van der Waals surface area contributed by atoms with Gasteiger partial charge in [-0.05, 0) is 19.4 Å². The summed E-state index contributed by atoms with van der Waals surface area (Å²) in [7, 11) is 1.57. The van der Waals surface area contributed by atoms with Gasteiger partial charge < -0.3 is 10.1 Å². The molecule has 0 bridgehead atoms. The molecule has 0 aliphatic heterocycles. The molecule has 1 aromatic heterocycles. The van der Waals surface area contributed by atoms with Crippen molar-refractivity contribution in [1.82, 2.24) is 15.1 Å². The van der Waals surface area contributed by atoms with Gasteiger partial charge in [0.2, 0.25) is 5.91 Å². The molecule has 0 fully saturated rings. The molecule has 0 aliphatic rings. The Hall–Kier alpha value is -1.57. The van der Waals surface area contributed by atoms with E-state index in [0.717, 1.165) is 6.07 Å². The van der Waals surface area contributed by atoms with E-state index in [1.54, 1.807) is 7.11 Å². The Kier molecular flexibility index (Phi) is 6.00. The van der Waals surface area contributed by atoms with Gasteiger partial charge in [0.25, 0.3) is 0 Å². The predicted molar refractivity (Wildman–Crippen MR) is 66.1 cm³/mol. The molecule has 20 heavy (non-hydrogen) atoms. The minimum atomic E-state index is -4.46. The van der Waals surface area contributed by atoms with Crippen LogP contribution in [-0.2, 0) is 22.3 Å². The number of rotatable bonds is 7. The zero-order valence-electron chi connectivity index (χ0n) is 11.5. The molecular formula is C12H18F3N3O2.